The molecule has 0 aliphatic heterocycles. The lowest BCUT2D eigenvalue weighted by molar-refractivity contribution is -0.167. The van der Waals surface area contributed by atoms with E-state index in [2.05, 4.69) is 69.4 Å². The molecule has 0 aromatic heterocycles. The van der Waals surface area contributed by atoms with Crippen LogP contribution in [0, 0.1) is 0 Å². The normalized spacial score (nSPS) is 12.3. The summed E-state index contributed by atoms with van der Waals surface area (Å²) in [5.74, 6) is -0.856. The number of unbranched alkanes of at least 4 members (excludes halogenated alkanes) is 45. The Balaban J connectivity index is 4.25. The van der Waals surface area contributed by atoms with Gasteiger partial charge in [-0.25, -0.2) is 0 Å². The zero-order chi connectivity index (χ0) is 56.4. The van der Waals surface area contributed by atoms with Gasteiger partial charge >= 0.3 is 17.9 Å². The minimum atomic E-state index is -0.777. The fourth-order valence-corrected chi connectivity index (χ4v) is 10.4. The van der Waals surface area contributed by atoms with E-state index in [0.717, 1.165) is 83.5 Å². The first-order valence-electron chi connectivity index (χ1n) is 34.6. The summed E-state index contributed by atoms with van der Waals surface area (Å²) in [5, 5.41) is 0. The van der Waals surface area contributed by atoms with Gasteiger partial charge in [0.15, 0.2) is 6.10 Å². The van der Waals surface area contributed by atoms with Crippen molar-refractivity contribution >= 4 is 17.9 Å². The van der Waals surface area contributed by atoms with E-state index in [-0.39, 0.29) is 31.1 Å². The van der Waals surface area contributed by atoms with Gasteiger partial charge in [0.05, 0.1) is 0 Å². The molecule has 1 unspecified atom stereocenters. The molecule has 0 radical (unpaired) electrons. The van der Waals surface area contributed by atoms with E-state index >= 15 is 0 Å². The predicted octanol–water partition coefficient (Wildman–Crippen LogP) is 23.7. The summed E-state index contributed by atoms with van der Waals surface area (Å²) in [6.45, 7) is 6.59. The standard InChI is InChI=1S/C72H132O6/c1-4-7-10-13-16-19-22-25-28-31-32-33-34-35-36-37-38-39-40-42-44-47-50-53-56-59-62-65-71(74)77-68-69(67-76-70(73)64-61-58-55-52-49-46-43-30-27-24-21-18-15-12-9-6-3)78-72(75)66-63-60-57-54-51-48-45-41-29-26-23-20-17-14-11-8-5-2/h8,11,17,20,26,29,31-32,69H,4-7,9-10,12-16,18-19,21-25,27-28,30,33-68H2,1-3H3/b11-8-,20-17-,29-26-,32-31-. The van der Waals surface area contributed by atoms with E-state index < -0.39 is 6.10 Å². The fraction of sp³-hybridized carbons (Fsp3) is 0.847. The first-order valence-corrected chi connectivity index (χ1v) is 34.6. The van der Waals surface area contributed by atoms with E-state index in [0.29, 0.717) is 19.3 Å². The maximum atomic E-state index is 12.9. The summed E-state index contributed by atoms with van der Waals surface area (Å²) in [6.07, 6.45) is 84.2. The molecule has 0 saturated carbocycles. The molecule has 78 heavy (non-hydrogen) atoms. The van der Waals surface area contributed by atoms with Crippen LogP contribution >= 0.6 is 0 Å². The van der Waals surface area contributed by atoms with Crippen molar-refractivity contribution in [3.63, 3.8) is 0 Å². The Morgan fingerprint density at radius 3 is 0.795 bits per heavy atom. The van der Waals surface area contributed by atoms with Crippen molar-refractivity contribution in [3.8, 4) is 0 Å². The topological polar surface area (TPSA) is 78.9 Å². The van der Waals surface area contributed by atoms with Crippen LogP contribution in [-0.2, 0) is 28.6 Å². The molecule has 0 rings (SSSR count). The Kier molecular flexibility index (Phi) is 64.6. The lowest BCUT2D eigenvalue weighted by Crippen LogP contribution is -2.30. The molecule has 456 valence electrons. The molecule has 0 aliphatic carbocycles. The quantitative estimate of drug-likeness (QED) is 0.0261. The molecular weight excluding hydrogens is 961 g/mol. The number of hydrogen-bond acceptors (Lipinski definition) is 6. The van der Waals surface area contributed by atoms with Crippen molar-refractivity contribution < 1.29 is 28.6 Å². The zero-order valence-electron chi connectivity index (χ0n) is 52.5. The van der Waals surface area contributed by atoms with Crippen LogP contribution in [0.2, 0.25) is 0 Å². The Labute approximate surface area is 486 Å². The SMILES string of the molecule is CC/C=C\C/C=C\C/C=C\CCCCCCCCCC(=O)OC(COC(=O)CCCCCCCCCCCCCCCCCC)COC(=O)CCCCCCCCCCCCCCCCC/C=C\CCCCCCCCCC. The van der Waals surface area contributed by atoms with Crippen molar-refractivity contribution in [2.24, 2.45) is 0 Å². The molecule has 0 saturated heterocycles. The molecule has 6 nitrogen and oxygen atoms in total. The summed E-state index contributed by atoms with van der Waals surface area (Å²) in [5.41, 5.74) is 0. The van der Waals surface area contributed by atoms with Crippen molar-refractivity contribution in [1.82, 2.24) is 0 Å². The van der Waals surface area contributed by atoms with E-state index in [4.69, 9.17) is 14.2 Å². The Hall–Kier alpha value is -2.63. The van der Waals surface area contributed by atoms with Crippen molar-refractivity contribution in [2.45, 2.75) is 380 Å². The number of hydrogen-bond donors (Lipinski definition) is 0. The Morgan fingerprint density at radius 2 is 0.500 bits per heavy atom. The monoisotopic (exact) mass is 1090 g/mol. The van der Waals surface area contributed by atoms with Crippen LogP contribution in [0.3, 0.4) is 0 Å². The molecule has 0 aromatic carbocycles. The number of ether oxygens (including phenoxy) is 3. The van der Waals surface area contributed by atoms with Gasteiger partial charge in [0, 0.05) is 19.3 Å². The second-order valence-corrected chi connectivity index (χ2v) is 23.4. The van der Waals surface area contributed by atoms with Gasteiger partial charge < -0.3 is 14.2 Å². The van der Waals surface area contributed by atoms with E-state index in [1.165, 1.54) is 250 Å². The smallest absolute Gasteiger partial charge is 0.306 e. The second-order valence-electron chi connectivity index (χ2n) is 23.4. The minimum absolute atomic E-state index is 0.0724. The highest BCUT2D eigenvalue weighted by Gasteiger charge is 2.19. The summed E-state index contributed by atoms with van der Waals surface area (Å²) < 4.78 is 17.0. The number of carbonyl (C=O) groups excluding carboxylic acids is 3. The molecule has 0 heterocycles. The molecule has 0 fully saturated rings. The number of esters is 3. The average Bonchev–Trinajstić information content (AvgIpc) is 3.44. The van der Waals surface area contributed by atoms with Gasteiger partial charge in [-0.2, -0.15) is 0 Å². The Bertz CT molecular complexity index is 1350. The van der Waals surface area contributed by atoms with Gasteiger partial charge in [0.2, 0.25) is 0 Å². The Morgan fingerprint density at radius 1 is 0.269 bits per heavy atom. The van der Waals surface area contributed by atoms with Gasteiger partial charge in [-0.1, -0.05) is 326 Å². The average molecular weight is 1090 g/mol. The molecule has 1 atom stereocenters. The predicted molar refractivity (Wildman–Crippen MR) is 339 cm³/mol. The van der Waals surface area contributed by atoms with Crippen LogP contribution in [0.25, 0.3) is 0 Å². The van der Waals surface area contributed by atoms with Crippen LogP contribution in [0.5, 0.6) is 0 Å². The lowest BCUT2D eigenvalue weighted by Gasteiger charge is -2.18. The molecule has 6 heteroatoms. The highest BCUT2D eigenvalue weighted by atomic mass is 16.6. The third-order valence-corrected chi connectivity index (χ3v) is 15.6. The van der Waals surface area contributed by atoms with Gasteiger partial charge in [-0.3, -0.25) is 14.4 Å². The molecular formula is C72H132O6. The van der Waals surface area contributed by atoms with Crippen molar-refractivity contribution in [2.75, 3.05) is 13.2 Å². The largest absolute Gasteiger partial charge is 0.462 e. The second kappa shape index (κ2) is 66.9. The van der Waals surface area contributed by atoms with Gasteiger partial charge in [0.25, 0.3) is 0 Å². The molecule has 0 bridgehead atoms. The maximum absolute atomic E-state index is 12.9. The highest BCUT2D eigenvalue weighted by Crippen LogP contribution is 2.18. The van der Waals surface area contributed by atoms with Crippen LogP contribution < -0.4 is 0 Å². The van der Waals surface area contributed by atoms with E-state index in [1.54, 1.807) is 0 Å². The summed E-state index contributed by atoms with van der Waals surface area (Å²) in [4.78, 5) is 38.4. The zero-order valence-corrected chi connectivity index (χ0v) is 52.5. The molecule has 0 aliphatic rings. The maximum Gasteiger partial charge on any atom is 0.306 e. The fourth-order valence-electron chi connectivity index (χ4n) is 10.4. The van der Waals surface area contributed by atoms with Gasteiger partial charge in [-0.15, -0.1) is 0 Å². The number of carbonyl (C=O) groups is 3. The third-order valence-electron chi connectivity index (χ3n) is 15.6. The first-order chi connectivity index (χ1) is 38.5. The van der Waals surface area contributed by atoms with Gasteiger partial charge in [-0.05, 0) is 77.0 Å². The molecule has 0 spiro atoms. The van der Waals surface area contributed by atoms with Gasteiger partial charge in [0.1, 0.15) is 13.2 Å². The third kappa shape index (κ3) is 64.2. The first kappa shape index (κ1) is 75.4. The molecule has 0 N–H and O–H groups in total. The van der Waals surface area contributed by atoms with Crippen LogP contribution in [0.1, 0.15) is 374 Å². The highest BCUT2D eigenvalue weighted by molar-refractivity contribution is 5.71. The van der Waals surface area contributed by atoms with Crippen LogP contribution in [0.4, 0.5) is 0 Å². The number of allylic oxidation sites excluding steroid dienone is 8. The van der Waals surface area contributed by atoms with Crippen LogP contribution in [-0.4, -0.2) is 37.2 Å². The van der Waals surface area contributed by atoms with Crippen molar-refractivity contribution in [1.29, 1.82) is 0 Å². The van der Waals surface area contributed by atoms with E-state index in [9.17, 15) is 14.4 Å². The van der Waals surface area contributed by atoms with Crippen LogP contribution in [0.15, 0.2) is 48.6 Å². The van der Waals surface area contributed by atoms with E-state index in [1.807, 2.05) is 0 Å². The summed E-state index contributed by atoms with van der Waals surface area (Å²) in [6, 6.07) is 0. The summed E-state index contributed by atoms with van der Waals surface area (Å²) >= 11 is 0. The lowest BCUT2D eigenvalue weighted by atomic mass is 10.0. The van der Waals surface area contributed by atoms with Crippen molar-refractivity contribution in [3.05, 3.63) is 48.6 Å². The minimum Gasteiger partial charge on any atom is -0.462 e. The molecule has 0 aromatic rings. The summed E-state index contributed by atoms with van der Waals surface area (Å²) in [7, 11) is 0. The molecule has 0 amide bonds. The number of rotatable bonds is 64.